The molecule has 3 aromatic rings. The lowest BCUT2D eigenvalue weighted by atomic mass is 9.88. The Balaban J connectivity index is 1.34. The molecule has 2 heterocycles. The maximum Gasteiger partial charge on any atom is 0.335 e. The number of carbonyl (C=O) groups is 4. The molecule has 3 aromatic carbocycles. The first-order valence-corrected chi connectivity index (χ1v) is 11.7. The van der Waals surface area contributed by atoms with Gasteiger partial charge in [0.25, 0.3) is 5.91 Å². The molecule has 3 aliphatic rings. The monoisotopic (exact) mass is 505 g/mol. The molecule has 0 saturated heterocycles. The zero-order valence-corrected chi connectivity index (χ0v) is 19.9. The molecular formula is C29H19N3O6. The number of hydrogen-bond acceptors (Lipinski definition) is 5. The molecular weight excluding hydrogens is 486 g/mol. The molecule has 0 radical (unpaired) electrons. The van der Waals surface area contributed by atoms with E-state index in [0.717, 1.165) is 28.2 Å². The van der Waals surface area contributed by atoms with Gasteiger partial charge in [0.15, 0.2) is 0 Å². The second-order valence-corrected chi connectivity index (χ2v) is 9.37. The van der Waals surface area contributed by atoms with Gasteiger partial charge in [-0.3, -0.25) is 14.5 Å². The van der Waals surface area contributed by atoms with Gasteiger partial charge in [-0.25, -0.2) is 14.6 Å². The normalized spacial score (nSPS) is 19.1. The lowest BCUT2D eigenvalue weighted by molar-refractivity contribution is -0.120. The first kappa shape index (κ1) is 23.1. The molecule has 1 aliphatic carbocycles. The standard InChI is InChI=1S/C29H19N3O6/c1-29(28(38)30-18-13-16(26(34)35)12-17(14-18)27(36)37)10-8-19-20(9-11-29)25(33)32-22-7-3-5-15-4-2-6-21(23(15)22)31-24(19)32/h2-14H,1H3,(H,30,38)(H,34,35)(H,36,37). The molecule has 0 spiro atoms. The Morgan fingerprint density at radius 2 is 1.53 bits per heavy atom. The van der Waals surface area contributed by atoms with Gasteiger partial charge in [-0.15, -0.1) is 0 Å². The summed E-state index contributed by atoms with van der Waals surface area (Å²) < 4.78 is 0. The molecule has 3 N–H and O–H groups in total. The average Bonchev–Trinajstić information content (AvgIpc) is 3.03. The molecule has 9 nitrogen and oxygen atoms in total. The van der Waals surface area contributed by atoms with Gasteiger partial charge in [0.05, 0.1) is 33.5 Å². The van der Waals surface area contributed by atoms with Crippen LogP contribution in [-0.2, 0) is 9.59 Å². The Kier molecular flexibility index (Phi) is 4.93. The van der Waals surface area contributed by atoms with Crippen LogP contribution in [0.2, 0.25) is 0 Å². The van der Waals surface area contributed by atoms with Gasteiger partial charge in [0.2, 0.25) is 5.91 Å². The number of carboxylic acids is 2. The first-order valence-electron chi connectivity index (χ1n) is 11.7. The number of hydrogen-bond donors (Lipinski definition) is 3. The maximum atomic E-state index is 13.5. The quantitative estimate of drug-likeness (QED) is 0.470. The highest BCUT2D eigenvalue weighted by Gasteiger charge is 2.41. The van der Waals surface area contributed by atoms with Crippen molar-refractivity contribution >= 4 is 57.4 Å². The fourth-order valence-electron chi connectivity index (χ4n) is 4.86. The van der Waals surface area contributed by atoms with Crippen LogP contribution in [0.25, 0.3) is 10.8 Å². The zero-order valence-electron chi connectivity index (χ0n) is 19.9. The smallest absolute Gasteiger partial charge is 0.335 e. The average molecular weight is 505 g/mol. The highest BCUT2D eigenvalue weighted by atomic mass is 16.4. The number of amidine groups is 1. The molecule has 0 aromatic heterocycles. The topological polar surface area (TPSA) is 136 Å². The minimum Gasteiger partial charge on any atom is -0.478 e. The Hall–Kier alpha value is -5.31. The second kappa shape index (κ2) is 8.10. The number of benzene rings is 3. The second-order valence-electron chi connectivity index (χ2n) is 9.37. The molecule has 2 aliphatic heterocycles. The van der Waals surface area contributed by atoms with Crippen molar-refractivity contribution in [2.45, 2.75) is 6.92 Å². The third-order valence-corrected chi connectivity index (χ3v) is 6.87. The Bertz CT molecular complexity index is 1730. The van der Waals surface area contributed by atoms with E-state index < -0.39 is 23.3 Å². The van der Waals surface area contributed by atoms with Crippen molar-refractivity contribution < 1.29 is 29.4 Å². The van der Waals surface area contributed by atoms with Gasteiger partial charge < -0.3 is 15.5 Å². The highest BCUT2D eigenvalue weighted by molar-refractivity contribution is 6.40. The molecule has 0 saturated carbocycles. The lowest BCUT2D eigenvalue weighted by Crippen LogP contribution is -2.34. The Labute approximate surface area is 215 Å². The fraction of sp³-hybridized carbons (Fsp3) is 0.0690. The van der Waals surface area contributed by atoms with Gasteiger partial charge in [-0.1, -0.05) is 48.6 Å². The number of fused-ring (bicyclic) bond motifs is 3. The third kappa shape index (κ3) is 3.44. The van der Waals surface area contributed by atoms with Crippen LogP contribution >= 0.6 is 0 Å². The summed E-state index contributed by atoms with van der Waals surface area (Å²) in [6.45, 7) is 1.64. The molecule has 9 heteroatoms. The van der Waals surface area contributed by atoms with Crippen LogP contribution in [-0.4, -0.2) is 39.8 Å². The summed E-state index contributed by atoms with van der Waals surface area (Å²) >= 11 is 0. The summed E-state index contributed by atoms with van der Waals surface area (Å²) in [4.78, 5) is 56.1. The number of nitrogens with one attached hydrogen (secondary N) is 1. The van der Waals surface area contributed by atoms with E-state index in [1.54, 1.807) is 36.1 Å². The fourth-order valence-corrected chi connectivity index (χ4v) is 4.86. The van der Waals surface area contributed by atoms with Gasteiger partial charge in [0.1, 0.15) is 5.84 Å². The lowest BCUT2D eigenvalue weighted by Gasteiger charge is -2.26. The van der Waals surface area contributed by atoms with E-state index >= 15 is 0 Å². The number of nitrogens with zero attached hydrogens (tertiary/aromatic N) is 2. The van der Waals surface area contributed by atoms with E-state index in [1.807, 2.05) is 36.4 Å². The van der Waals surface area contributed by atoms with E-state index in [2.05, 4.69) is 5.32 Å². The van der Waals surface area contributed by atoms with Crippen LogP contribution in [0.5, 0.6) is 0 Å². The van der Waals surface area contributed by atoms with Crippen LogP contribution in [0.15, 0.2) is 95.0 Å². The summed E-state index contributed by atoms with van der Waals surface area (Å²) in [7, 11) is 0. The number of carbonyl (C=O) groups excluding carboxylic acids is 2. The summed E-state index contributed by atoms with van der Waals surface area (Å²) in [5.41, 5.74) is 0.729. The Morgan fingerprint density at radius 1 is 0.895 bits per heavy atom. The summed E-state index contributed by atoms with van der Waals surface area (Å²) in [5.74, 6) is -2.96. The van der Waals surface area contributed by atoms with Crippen molar-refractivity contribution in [1.29, 1.82) is 0 Å². The number of aromatic carboxylic acids is 2. The van der Waals surface area contributed by atoms with E-state index in [9.17, 15) is 29.4 Å². The predicted octanol–water partition coefficient (Wildman–Crippen LogP) is 4.69. The highest BCUT2D eigenvalue weighted by Crippen LogP contribution is 2.44. The van der Waals surface area contributed by atoms with Crippen molar-refractivity contribution in [3.8, 4) is 0 Å². The SMILES string of the molecule is CC1(C(=O)Nc2cc(C(=O)O)cc(C(=O)O)c2)C=CC2=C(C=C1)C1=Nc3cccc4cccc(c34)N1C2=O. The summed E-state index contributed by atoms with van der Waals surface area (Å²) in [5, 5.41) is 23.1. The van der Waals surface area contributed by atoms with Crippen LogP contribution in [0.3, 0.4) is 0 Å². The van der Waals surface area contributed by atoms with Crippen molar-refractivity contribution in [2.75, 3.05) is 10.2 Å². The third-order valence-electron chi connectivity index (χ3n) is 6.87. The molecule has 1 unspecified atom stereocenters. The van der Waals surface area contributed by atoms with E-state index in [1.165, 1.54) is 12.1 Å². The van der Waals surface area contributed by atoms with Crippen molar-refractivity contribution in [1.82, 2.24) is 0 Å². The minimum atomic E-state index is -1.32. The molecule has 38 heavy (non-hydrogen) atoms. The van der Waals surface area contributed by atoms with Crippen LogP contribution in [0.4, 0.5) is 17.1 Å². The van der Waals surface area contributed by atoms with Crippen molar-refractivity contribution in [3.63, 3.8) is 0 Å². The predicted molar refractivity (Wildman–Crippen MR) is 141 cm³/mol. The molecule has 0 bridgehead atoms. The van der Waals surface area contributed by atoms with Gasteiger partial charge >= 0.3 is 11.9 Å². The number of aliphatic imine (C=N–C) groups is 1. The van der Waals surface area contributed by atoms with Crippen molar-refractivity contribution in [3.05, 3.63) is 101 Å². The molecule has 0 fully saturated rings. The first-order chi connectivity index (χ1) is 18.2. The molecule has 186 valence electrons. The van der Waals surface area contributed by atoms with Crippen LogP contribution in [0, 0.1) is 5.41 Å². The number of amides is 2. The maximum absolute atomic E-state index is 13.5. The summed E-state index contributed by atoms with van der Waals surface area (Å²) in [6.07, 6.45) is 6.51. The number of anilines is 2. The van der Waals surface area contributed by atoms with Crippen LogP contribution < -0.4 is 10.2 Å². The van der Waals surface area contributed by atoms with Crippen LogP contribution in [0.1, 0.15) is 27.6 Å². The Morgan fingerprint density at radius 3 is 2.18 bits per heavy atom. The van der Waals surface area contributed by atoms with Crippen molar-refractivity contribution in [2.24, 2.45) is 10.4 Å². The van der Waals surface area contributed by atoms with Gasteiger partial charge in [-0.2, -0.15) is 0 Å². The summed E-state index contributed by atoms with van der Waals surface area (Å²) in [6, 6.07) is 14.9. The van der Waals surface area contributed by atoms with E-state index in [0.29, 0.717) is 17.0 Å². The molecule has 6 rings (SSSR count). The number of carboxylic acid groups (broad SMARTS) is 2. The minimum absolute atomic E-state index is 0.0312. The molecule has 2 amide bonds. The van der Waals surface area contributed by atoms with Gasteiger partial charge in [-0.05, 0) is 42.6 Å². The molecule has 1 atom stereocenters. The van der Waals surface area contributed by atoms with E-state index in [4.69, 9.17) is 4.99 Å². The zero-order chi connectivity index (χ0) is 26.8. The largest absolute Gasteiger partial charge is 0.478 e. The number of rotatable bonds is 4. The van der Waals surface area contributed by atoms with Gasteiger partial charge in [0, 0.05) is 16.6 Å². The van der Waals surface area contributed by atoms with E-state index in [-0.39, 0.29) is 22.7 Å².